The van der Waals surface area contributed by atoms with Crippen molar-refractivity contribution in [2.75, 3.05) is 25.2 Å². The molecule has 0 bridgehead atoms. The van der Waals surface area contributed by atoms with E-state index in [9.17, 15) is 4.79 Å². The Balaban J connectivity index is 0.00000116. The first-order valence-electron chi connectivity index (χ1n) is 7.64. The maximum atomic E-state index is 12.3. The minimum atomic E-state index is -0.523. The second-order valence-electron chi connectivity index (χ2n) is 5.77. The van der Waals surface area contributed by atoms with Crippen LogP contribution in [0.3, 0.4) is 0 Å². The highest BCUT2D eigenvalue weighted by Gasteiger charge is 2.29. The predicted octanol–water partition coefficient (Wildman–Crippen LogP) is 4.16. The molecular formula is C17H27NO4. The number of carbonyl (C=O) groups is 1. The molecule has 1 aliphatic heterocycles. The third kappa shape index (κ3) is 4.29. The average Bonchev–Trinajstić information content (AvgIpc) is 2.46. The number of rotatable bonds is 1. The van der Waals surface area contributed by atoms with Crippen LogP contribution >= 0.6 is 0 Å². The third-order valence-electron chi connectivity index (χ3n) is 2.95. The lowest BCUT2D eigenvalue weighted by Crippen LogP contribution is -2.41. The van der Waals surface area contributed by atoms with E-state index >= 15 is 0 Å². The molecule has 0 saturated heterocycles. The number of amides is 1. The Hall–Kier alpha value is -1.91. The SMILES string of the molecule is CC.COc1cc2c(cc1C)OCCN2C(=O)OC(C)(C)C. The molecule has 0 saturated carbocycles. The minimum absolute atomic E-state index is 0.368. The smallest absolute Gasteiger partial charge is 0.415 e. The Labute approximate surface area is 133 Å². The van der Waals surface area contributed by atoms with Gasteiger partial charge in [-0.2, -0.15) is 0 Å². The molecule has 1 heterocycles. The normalized spacial score (nSPS) is 13.3. The van der Waals surface area contributed by atoms with Gasteiger partial charge in [-0.25, -0.2) is 4.79 Å². The Kier molecular flexibility index (Phi) is 6.09. The van der Waals surface area contributed by atoms with Crippen LogP contribution in [-0.2, 0) is 4.74 Å². The van der Waals surface area contributed by atoms with Gasteiger partial charge < -0.3 is 14.2 Å². The van der Waals surface area contributed by atoms with E-state index in [4.69, 9.17) is 14.2 Å². The quantitative estimate of drug-likeness (QED) is 0.781. The fourth-order valence-electron chi connectivity index (χ4n) is 2.07. The standard InChI is InChI=1S/C15H21NO4.C2H6/c1-10-8-13-11(9-12(10)18-5)16(6-7-19-13)14(17)20-15(2,3)4;1-2/h8-9H,6-7H2,1-5H3;1-2H3. The highest BCUT2D eigenvalue weighted by Crippen LogP contribution is 2.37. The van der Waals surface area contributed by atoms with Crippen LogP contribution in [0.15, 0.2) is 12.1 Å². The molecule has 0 aromatic heterocycles. The fourth-order valence-corrected chi connectivity index (χ4v) is 2.07. The van der Waals surface area contributed by atoms with Gasteiger partial charge in [0.05, 0.1) is 19.3 Å². The van der Waals surface area contributed by atoms with Gasteiger partial charge in [0, 0.05) is 6.07 Å². The monoisotopic (exact) mass is 309 g/mol. The fraction of sp³-hybridized carbons (Fsp3) is 0.588. The van der Waals surface area contributed by atoms with E-state index in [-0.39, 0.29) is 6.09 Å². The summed E-state index contributed by atoms with van der Waals surface area (Å²) in [6.07, 6.45) is -0.368. The molecule has 0 N–H and O–H groups in total. The molecule has 22 heavy (non-hydrogen) atoms. The number of hydrogen-bond acceptors (Lipinski definition) is 4. The summed E-state index contributed by atoms with van der Waals surface area (Å²) < 4.78 is 16.3. The zero-order valence-corrected chi connectivity index (χ0v) is 14.6. The van der Waals surface area contributed by atoms with Crippen molar-refractivity contribution >= 4 is 11.8 Å². The van der Waals surface area contributed by atoms with Gasteiger partial charge in [0.1, 0.15) is 23.7 Å². The molecule has 0 spiro atoms. The maximum absolute atomic E-state index is 12.3. The summed E-state index contributed by atoms with van der Waals surface area (Å²) in [5, 5.41) is 0. The Bertz CT molecular complexity index is 520. The first-order chi connectivity index (χ1) is 10.3. The van der Waals surface area contributed by atoms with Gasteiger partial charge in [0.2, 0.25) is 0 Å². The maximum Gasteiger partial charge on any atom is 0.415 e. The van der Waals surface area contributed by atoms with E-state index in [1.54, 1.807) is 12.0 Å². The lowest BCUT2D eigenvalue weighted by atomic mass is 10.1. The Morgan fingerprint density at radius 1 is 1.27 bits per heavy atom. The van der Waals surface area contributed by atoms with Crippen molar-refractivity contribution in [3.8, 4) is 11.5 Å². The Morgan fingerprint density at radius 2 is 1.91 bits per heavy atom. The molecule has 5 heteroatoms. The van der Waals surface area contributed by atoms with Crippen LogP contribution in [0.1, 0.15) is 40.2 Å². The van der Waals surface area contributed by atoms with E-state index in [1.807, 2.05) is 53.7 Å². The van der Waals surface area contributed by atoms with Crippen molar-refractivity contribution in [2.45, 2.75) is 47.1 Å². The number of aryl methyl sites for hydroxylation is 1. The second kappa shape index (κ2) is 7.38. The summed E-state index contributed by atoms with van der Waals surface area (Å²) >= 11 is 0. The number of ether oxygens (including phenoxy) is 3. The number of methoxy groups -OCH3 is 1. The van der Waals surface area contributed by atoms with Gasteiger partial charge in [0.15, 0.2) is 0 Å². The molecule has 0 fully saturated rings. The van der Waals surface area contributed by atoms with Crippen LogP contribution in [0.5, 0.6) is 11.5 Å². The first kappa shape index (κ1) is 18.1. The molecule has 0 aliphatic carbocycles. The van der Waals surface area contributed by atoms with Gasteiger partial charge in [-0.15, -0.1) is 0 Å². The van der Waals surface area contributed by atoms with Crippen molar-refractivity contribution in [2.24, 2.45) is 0 Å². The van der Waals surface area contributed by atoms with E-state index in [1.165, 1.54) is 0 Å². The summed E-state index contributed by atoms with van der Waals surface area (Å²) in [5.74, 6) is 1.41. The van der Waals surface area contributed by atoms with Gasteiger partial charge in [-0.05, 0) is 39.3 Å². The lowest BCUT2D eigenvalue weighted by molar-refractivity contribution is 0.0567. The van der Waals surface area contributed by atoms with Crippen LogP contribution < -0.4 is 14.4 Å². The largest absolute Gasteiger partial charge is 0.496 e. The zero-order valence-electron chi connectivity index (χ0n) is 14.6. The molecule has 1 aromatic rings. The molecule has 0 atom stereocenters. The van der Waals surface area contributed by atoms with Crippen molar-refractivity contribution in [3.63, 3.8) is 0 Å². The van der Waals surface area contributed by atoms with Crippen LogP contribution in [0.4, 0.5) is 10.5 Å². The molecule has 5 nitrogen and oxygen atoms in total. The van der Waals surface area contributed by atoms with E-state index in [2.05, 4.69) is 0 Å². The number of hydrogen-bond donors (Lipinski definition) is 0. The lowest BCUT2D eigenvalue weighted by Gasteiger charge is -2.32. The van der Waals surface area contributed by atoms with Crippen molar-refractivity contribution in [1.29, 1.82) is 0 Å². The first-order valence-corrected chi connectivity index (χ1v) is 7.64. The zero-order chi connectivity index (χ0) is 16.9. The van der Waals surface area contributed by atoms with E-state index in [0.717, 1.165) is 11.3 Å². The highest BCUT2D eigenvalue weighted by atomic mass is 16.6. The number of fused-ring (bicyclic) bond motifs is 1. The molecule has 1 aromatic carbocycles. The van der Waals surface area contributed by atoms with Gasteiger partial charge in [-0.1, -0.05) is 13.8 Å². The minimum Gasteiger partial charge on any atom is -0.496 e. The number of carbonyl (C=O) groups excluding carboxylic acids is 1. The predicted molar refractivity (Wildman–Crippen MR) is 88.2 cm³/mol. The van der Waals surface area contributed by atoms with Gasteiger partial charge in [-0.3, -0.25) is 4.90 Å². The number of benzene rings is 1. The third-order valence-corrected chi connectivity index (χ3v) is 2.95. The van der Waals surface area contributed by atoms with E-state index < -0.39 is 5.60 Å². The summed E-state index contributed by atoms with van der Waals surface area (Å²) in [7, 11) is 1.61. The number of anilines is 1. The average molecular weight is 309 g/mol. The van der Waals surface area contributed by atoms with Crippen LogP contribution in [0, 0.1) is 6.92 Å². The van der Waals surface area contributed by atoms with Crippen LogP contribution in [0.25, 0.3) is 0 Å². The molecule has 0 unspecified atom stereocenters. The van der Waals surface area contributed by atoms with Gasteiger partial charge >= 0.3 is 6.09 Å². The molecule has 0 radical (unpaired) electrons. The summed E-state index contributed by atoms with van der Waals surface area (Å²) in [6, 6.07) is 3.69. The highest BCUT2D eigenvalue weighted by molar-refractivity contribution is 5.91. The van der Waals surface area contributed by atoms with Crippen molar-refractivity contribution in [1.82, 2.24) is 0 Å². The summed E-state index contributed by atoms with van der Waals surface area (Å²) in [6.45, 7) is 12.4. The molecule has 1 aliphatic rings. The van der Waals surface area contributed by atoms with Crippen molar-refractivity contribution in [3.05, 3.63) is 17.7 Å². The summed E-state index contributed by atoms with van der Waals surface area (Å²) in [4.78, 5) is 13.9. The Morgan fingerprint density at radius 3 is 2.45 bits per heavy atom. The molecule has 124 valence electrons. The van der Waals surface area contributed by atoms with E-state index in [0.29, 0.717) is 24.6 Å². The van der Waals surface area contributed by atoms with Crippen LogP contribution in [-0.4, -0.2) is 32.0 Å². The topological polar surface area (TPSA) is 48.0 Å². The molecule has 2 rings (SSSR count). The van der Waals surface area contributed by atoms with Crippen molar-refractivity contribution < 1.29 is 19.0 Å². The molecular weight excluding hydrogens is 282 g/mol. The second-order valence-corrected chi connectivity index (χ2v) is 5.77. The summed E-state index contributed by atoms with van der Waals surface area (Å²) in [5.41, 5.74) is 1.13. The van der Waals surface area contributed by atoms with Crippen LogP contribution in [0.2, 0.25) is 0 Å². The molecule has 1 amide bonds. The number of nitrogens with zero attached hydrogens (tertiary/aromatic N) is 1. The van der Waals surface area contributed by atoms with Gasteiger partial charge in [0.25, 0.3) is 0 Å².